The number of rotatable bonds is 6. The van der Waals surface area contributed by atoms with Crippen molar-refractivity contribution >= 4 is 29.8 Å². The topological polar surface area (TPSA) is 141 Å². The normalized spacial score (nSPS) is 21.3. The predicted molar refractivity (Wildman–Crippen MR) is 158 cm³/mol. The van der Waals surface area contributed by atoms with Gasteiger partial charge in [-0.25, -0.2) is 0 Å². The minimum absolute atomic E-state index is 0.00525. The molecule has 2 saturated carbocycles. The molecule has 11 heteroatoms. The van der Waals surface area contributed by atoms with E-state index in [4.69, 9.17) is 28.4 Å². The summed E-state index contributed by atoms with van der Waals surface area (Å²) in [5.41, 5.74) is -0.306. The van der Waals surface area contributed by atoms with E-state index in [-0.39, 0.29) is 40.4 Å². The molecular formula is C34H38O11. The van der Waals surface area contributed by atoms with Gasteiger partial charge in [-0.2, -0.15) is 0 Å². The van der Waals surface area contributed by atoms with Gasteiger partial charge in [0.25, 0.3) is 0 Å². The molecule has 0 amide bonds. The van der Waals surface area contributed by atoms with E-state index < -0.39 is 40.9 Å². The van der Waals surface area contributed by atoms with Crippen molar-refractivity contribution in [2.45, 2.75) is 103 Å². The fourth-order valence-electron chi connectivity index (χ4n) is 7.65. The van der Waals surface area contributed by atoms with Crippen molar-refractivity contribution in [2.75, 3.05) is 0 Å². The molecular weight excluding hydrogens is 584 g/mol. The number of ether oxygens (including phenoxy) is 6. The Labute approximate surface area is 261 Å². The number of hydrogen-bond donors (Lipinski definition) is 0. The van der Waals surface area contributed by atoms with Gasteiger partial charge in [0, 0.05) is 57.1 Å². The summed E-state index contributed by atoms with van der Waals surface area (Å²) in [6, 6.07) is 6.71. The Balaban J connectivity index is 1.85. The van der Waals surface area contributed by atoms with Gasteiger partial charge >= 0.3 is 29.8 Å². The van der Waals surface area contributed by atoms with Crippen LogP contribution in [-0.2, 0) is 35.0 Å². The standard InChI is InChI=1S/C34H38O11/c1-19(35)40-26-15-13-25(29(42-21(3)37)31(26)43-22(4)38)34-18-10-7-11-28(34)33(16-8-6-9-17-33)24-12-14-27(41-20(2)36)32(30(24)45-34)44-23(5)39/h12-15,28H,6-11,16-18H2,1-5H3/t28-,34+/m1/s1. The van der Waals surface area contributed by atoms with Crippen LogP contribution < -0.4 is 28.4 Å². The maximum absolute atomic E-state index is 12.6. The van der Waals surface area contributed by atoms with Gasteiger partial charge in [-0.1, -0.05) is 31.7 Å². The quantitative estimate of drug-likeness (QED) is 0.277. The third kappa shape index (κ3) is 6.00. The van der Waals surface area contributed by atoms with E-state index in [2.05, 4.69) is 0 Å². The van der Waals surface area contributed by atoms with Crippen molar-refractivity contribution in [2.24, 2.45) is 5.92 Å². The molecule has 2 aromatic carbocycles. The molecule has 1 heterocycles. The van der Waals surface area contributed by atoms with Crippen LogP contribution in [0.5, 0.6) is 34.5 Å². The first-order valence-corrected chi connectivity index (χ1v) is 15.3. The van der Waals surface area contributed by atoms with Gasteiger partial charge in [-0.15, -0.1) is 0 Å². The fourth-order valence-corrected chi connectivity index (χ4v) is 7.65. The number of benzene rings is 2. The van der Waals surface area contributed by atoms with E-state index in [1.165, 1.54) is 40.7 Å². The van der Waals surface area contributed by atoms with Crippen molar-refractivity contribution in [1.82, 2.24) is 0 Å². The second kappa shape index (κ2) is 12.5. The molecule has 0 bridgehead atoms. The molecule has 240 valence electrons. The number of hydrogen-bond acceptors (Lipinski definition) is 11. The SMILES string of the molecule is CC(=O)Oc1ccc2c(c1OC(C)=O)O[C@]1(c3ccc(OC(C)=O)c(OC(C)=O)c3OC(C)=O)CCCC[C@@H]1C21CCCCC1. The number of fused-ring (bicyclic) bond motifs is 4. The Hall–Kier alpha value is -4.41. The van der Waals surface area contributed by atoms with Gasteiger partial charge in [-0.3, -0.25) is 24.0 Å². The second-order valence-corrected chi connectivity index (χ2v) is 12.0. The van der Waals surface area contributed by atoms with Gasteiger partial charge in [0.1, 0.15) is 5.60 Å². The molecule has 0 aromatic heterocycles. The molecule has 45 heavy (non-hydrogen) atoms. The summed E-state index contributed by atoms with van der Waals surface area (Å²) in [7, 11) is 0. The molecule has 1 spiro atoms. The van der Waals surface area contributed by atoms with E-state index in [1.807, 2.05) is 6.07 Å². The maximum Gasteiger partial charge on any atom is 0.308 e. The summed E-state index contributed by atoms with van der Waals surface area (Å²) in [5, 5.41) is 0. The molecule has 0 saturated heterocycles. The molecule has 2 atom stereocenters. The van der Waals surface area contributed by atoms with Crippen LogP contribution in [0.15, 0.2) is 24.3 Å². The predicted octanol–water partition coefficient (Wildman–Crippen LogP) is 5.99. The van der Waals surface area contributed by atoms with Gasteiger partial charge in [0.15, 0.2) is 23.0 Å². The molecule has 0 N–H and O–H groups in total. The van der Waals surface area contributed by atoms with Crippen molar-refractivity contribution in [3.05, 3.63) is 35.4 Å². The molecule has 2 fully saturated rings. The van der Waals surface area contributed by atoms with Crippen LogP contribution in [0, 0.1) is 5.92 Å². The highest BCUT2D eigenvalue weighted by molar-refractivity contribution is 5.80. The summed E-state index contributed by atoms with van der Waals surface area (Å²) in [5.74, 6) is -3.51. The van der Waals surface area contributed by atoms with Crippen LogP contribution in [0.3, 0.4) is 0 Å². The molecule has 2 aromatic rings. The first-order valence-electron chi connectivity index (χ1n) is 15.3. The summed E-state index contributed by atoms with van der Waals surface area (Å²) < 4.78 is 35.0. The summed E-state index contributed by atoms with van der Waals surface area (Å²) in [4.78, 5) is 61.4. The molecule has 11 nitrogen and oxygen atoms in total. The van der Waals surface area contributed by atoms with Crippen LogP contribution in [0.2, 0.25) is 0 Å². The molecule has 0 radical (unpaired) electrons. The van der Waals surface area contributed by atoms with Gasteiger partial charge < -0.3 is 28.4 Å². The molecule has 0 unspecified atom stereocenters. The van der Waals surface area contributed by atoms with E-state index in [0.717, 1.165) is 56.9 Å². The first kappa shape index (κ1) is 32.0. The largest absolute Gasteiger partial charge is 0.478 e. The highest BCUT2D eigenvalue weighted by Crippen LogP contribution is 2.66. The molecule has 1 aliphatic heterocycles. The Kier molecular flexibility index (Phi) is 8.91. The first-order chi connectivity index (χ1) is 21.4. The van der Waals surface area contributed by atoms with E-state index in [0.29, 0.717) is 12.0 Å². The van der Waals surface area contributed by atoms with Crippen LogP contribution >= 0.6 is 0 Å². The van der Waals surface area contributed by atoms with E-state index in [1.54, 1.807) is 12.1 Å². The Morgan fingerprint density at radius 3 is 1.64 bits per heavy atom. The van der Waals surface area contributed by atoms with Gasteiger partial charge in [0.2, 0.25) is 11.5 Å². The van der Waals surface area contributed by atoms with E-state index in [9.17, 15) is 24.0 Å². The zero-order valence-electron chi connectivity index (χ0n) is 26.2. The zero-order valence-corrected chi connectivity index (χ0v) is 26.2. The molecule has 5 rings (SSSR count). The lowest BCUT2D eigenvalue weighted by Gasteiger charge is -2.58. The smallest absolute Gasteiger partial charge is 0.308 e. The third-order valence-corrected chi connectivity index (χ3v) is 8.94. The average molecular weight is 623 g/mol. The summed E-state index contributed by atoms with van der Waals surface area (Å²) >= 11 is 0. The van der Waals surface area contributed by atoms with Crippen LogP contribution in [0.25, 0.3) is 0 Å². The van der Waals surface area contributed by atoms with Crippen LogP contribution in [0.4, 0.5) is 0 Å². The Bertz CT molecular complexity index is 1550. The summed E-state index contributed by atoms with van der Waals surface area (Å²) in [6.07, 6.45) is 7.58. The van der Waals surface area contributed by atoms with Crippen LogP contribution in [-0.4, -0.2) is 29.8 Å². The van der Waals surface area contributed by atoms with Crippen molar-refractivity contribution < 1.29 is 52.4 Å². The Morgan fingerprint density at radius 2 is 1.07 bits per heavy atom. The van der Waals surface area contributed by atoms with Gasteiger partial charge in [0.05, 0.1) is 0 Å². The lowest BCUT2D eigenvalue weighted by molar-refractivity contribution is -0.136. The second-order valence-electron chi connectivity index (χ2n) is 12.0. The zero-order chi connectivity index (χ0) is 32.5. The van der Waals surface area contributed by atoms with Crippen LogP contribution in [0.1, 0.15) is 104 Å². The average Bonchev–Trinajstić information content (AvgIpc) is 2.95. The highest BCUT2D eigenvalue weighted by Gasteiger charge is 2.61. The fraction of sp³-hybridized carbons (Fsp3) is 0.500. The maximum atomic E-state index is 12.6. The number of carbonyl (C=O) groups excluding carboxylic acids is 5. The summed E-state index contributed by atoms with van der Waals surface area (Å²) in [6.45, 7) is 6.13. The van der Waals surface area contributed by atoms with Crippen molar-refractivity contribution in [3.8, 4) is 34.5 Å². The number of esters is 5. The monoisotopic (exact) mass is 622 g/mol. The Morgan fingerprint density at radius 1 is 0.578 bits per heavy atom. The molecule has 2 aliphatic carbocycles. The van der Waals surface area contributed by atoms with Crippen molar-refractivity contribution in [3.63, 3.8) is 0 Å². The lowest BCUT2D eigenvalue weighted by atomic mass is 9.51. The minimum atomic E-state index is -1.17. The van der Waals surface area contributed by atoms with E-state index >= 15 is 0 Å². The molecule has 3 aliphatic rings. The number of carbonyl (C=O) groups is 5. The minimum Gasteiger partial charge on any atom is -0.478 e. The lowest BCUT2D eigenvalue weighted by Crippen LogP contribution is -2.57. The third-order valence-electron chi connectivity index (χ3n) is 8.94. The van der Waals surface area contributed by atoms with Gasteiger partial charge in [-0.05, 0) is 50.3 Å². The van der Waals surface area contributed by atoms with Crippen molar-refractivity contribution in [1.29, 1.82) is 0 Å². The highest BCUT2D eigenvalue weighted by atomic mass is 16.6.